The molecule has 3 rings (SSSR count). The molecule has 0 unspecified atom stereocenters. The normalized spacial score (nSPS) is 25.2. The van der Waals surface area contributed by atoms with Gasteiger partial charge in [-0.2, -0.15) is 0 Å². The van der Waals surface area contributed by atoms with Crippen LogP contribution in [-0.2, 0) is 14.6 Å². The van der Waals surface area contributed by atoms with Gasteiger partial charge in [0.2, 0.25) is 0 Å². The minimum absolute atomic E-state index is 0.0781. The number of morpholine rings is 1. The quantitative estimate of drug-likeness (QED) is 0.763. The van der Waals surface area contributed by atoms with Crippen LogP contribution in [0, 0.1) is 6.92 Å². The molecule has 0 saturated carbocycles. The third-order valence-corrected chi connectivity index (χ3v) is 6.73. The maximum atomic E-state index is 11.5. The molecule has 0 N–H and O–H groups in total. The topological polar surface area (TPSA) is 72.4 Å². The fraction of sp³-hybridized carbons (Fsp3) is 0.692. The summed E-state index contributed by atoms with van der Waals surface area (Å²) in [5.41, 5.74) is 0.912. The summed E-state index contributed by atoms with van der Waals surface area (Å²) in [6.07, 6.45) is 0.692. The van der Waals surface area contributed by atoms with Crippen molar-refractivity contribution in [1.29, 1.82) is 0 Å². The van der Waals surface area contributed by atoms with E-state index in [0.717, 1.165) is 24.6 Å². The average molecular weight is 329 g/mol. The summed E-state index contributed by atoms with van der Waals surface area (Å²) in [7, 11) is -2.86. The first-order chi connectivity index (χ1) is 10.0. The number of nitrogens with zero attached hydrogens (tertiary/aromatic N) is 3. The zero-order valence-corrected chi connectivity index (χ0v) is 13.6. The van der Waals surface area contributed by atoms with E-state index in [1.807, 2.05) is 13.0 Å². The van der Waals surface area contributed by atoms with Gasteiger partial charge in [-0.3, -0.25) is 0 Å². The predicted molar refractivity (Wildman–Crippen MR) is 82.7 cm³/mol. The zero-order valence-electron chi connectivity index (χ0n) is 12.0. The lowest BCUT2D eigenvalue weighted by Crippen LogP contribution is -2.36. The van der Waals surface area contributed by atoms with Gasteiger partial charge in [0.05, 0.1) is 24.7 Å². The first kappa shape index (κ1) is 15.1. The van der Waals surface area contributed by atoms with Gasteiger partial charge >= 0.3 is 0 Å². The molecule has 21 heavy (non-hydrogen) atoms. The second-order valence-electron chi connectivity index (χ2n) is 5.39. The first-order valence-electron chi connectivity index (χ1n) is 7.07. The van der Waals surface area contributed by atoms with E-state index in [1.54, 1.807) is 0 Å². The van der Waals surface area contributed by atoms with Crippen LogP contribution >= 0.6 is 11.8 Å². The number of hydrogen-bond acceptors (Lipinski definition) is 7. The SMILES string of the molecule is Cc1cc(N2CCOCC2)nc(S[C@H]2CCS(=O)(=O)C2)n1. The molecule has 2 aliphatic heterocycles. The molecular formula is C13H19N3O3S2. The van der Waals surface area contributed by atoms with Gasteiger partial charge in [0, 0.05) is 30.1 Å². The Hall–Kier alpha value is -0.860. The van der Waals surface area contributed by atoms with Crippen LogP contribution in [0.4, 0.5) is 5.82 Å². The highest BCUT2D eigenvalue weighted by Gasteiger charge is 2.29. The van der Waals surface area contributed by atoms with Crippen molar-refractivity contribution >= 4 is 27.4 Å². The molecule has 1 aromatic rings. The number of ether oxygens (including phenoxy) is 1. The van der Waals surface area contributed by atoms with E-state index in [2.05, 4.69) is 14.9 Å². The van der Waals surface area contributed by atoms with Crippen molar-refractivity contribution in [2.45, 2.75) is 23.8 Å². The molecule has 6 nitrogen and oxygen atoms in total. The van der Waals surface area contributed by atoms with Crippen molar-refractivity contribution in [3.63, 3.8) is 0 Å². The molecule has 0 aliphatic carbocycles. The van der Waals surface area contributed by atoms with Crippen LogP contribution in [0.5, 0.6) is 0 Å². The lowest BCUT2D eigenvalue weighted by molar-refractivity contribution is 0.122. The molecule has 2 saturated heterocycles. The predicted octanol–water partition coefficient (Wildman–Crippen LogP) is 0.901. The summed E-state index contributed by atoms with van der Waals surface area (Å²) < 4.78 is 28.4. The van der Waals surface area contributed by atoms with Crippen molar-refractivity contribution in [3.8, 4) is 0 Å². The first-order valence-corrected chi connectivity index (χ1v) is 9.77. The van der Waals surface area contributed by atoms with Gasteiger partial charge < -0.3 is 9.64 Å². The molecular weight excluding hydrogens is 310 g/mol. The van der Waals surface area contributed by atoms with Crippen molar-refractivity contribution in [3.05, 3.63) is 11.8 Å². The zero-order chi connectivity index (χ0) is 14.9. The van der Waals surface area contributed by atoms with E-state index in [9.17, 15) is 8.42 Å². The van der Waals surface area contributed by atoms with Crippen molar-refractivity contribution in [2.24, 2.45) is 0 Å². The summed E-state index contributed by atoms with van der Waals surface area (Å²) in [4.78, 5) is 11.2. The highest BCUT2D eigenvalue weighted by atomic mass is 32.2. The van der Waals surface area contributed by atoms with E-state index in [0.29, 0.717) is 24.8 Å². The fourth-order valence-corrected chi connectivity index (χ4v) is 6.00. The van der Waals surface area contributed by atoms with E-state index < -0.39 is 9.84 Å². The Morgan fingerprint density at radius 2 is 2.10 bits per heavy atom. The Labute approximate surface area is 129 Å². The highest BCUT2D eigenvalue weighted by Crippen LogP contribution is 2.30. The molecule has 0 amide bonds. The fourth-order valence-electron chi connectivity index (χ4n) is 2.54. The summed E-state index contributed by atoms with van der Waals surface area (Å²) in [6, 6.07) is 1.97. The number of thioether (sulfide) groups is 1. The summed E-state index contributed by atoms with van der Waals surface area (Å²) in [6.45, 7) is 5.04. The Kier molecular flexibility index (Phi) is 4.37. The molecule has 2 aliphatic rings. The second kappa shape index (κ2) is 6.10. The largest absolute Gasteiger partial charge is 0.378 e. The maximum Gasteiger partial charge on any atom is 0.190 e. The Morgan fingerprint density at radius 3 is 2.76 bits per heavy atom. The van der Waals surface area contributed by atoms with Gasteiger partial charge in [-0.15, -0.1) is 0 Å². The number of anilines is 1. The van der Waals surface area contributed by atoms with Crippen LogP contribution in [-0.4, -0.2) is 61.4 Å². The number of hydrogen-bond donors (Lipinski definition) is 0. The van der Waals surface area contributed by atoms with Gasteiger partial charge in [-0.05, 0) is 13.3 Å². The number of aromatic nitrogens is 2. The maximum absolute atomic E-state index is 11.5. The monoisotopic (exact) mass is 329 g/mol. The van der Waals surface area contributed by atoms with Crippen molar-refractivity contribution in [1.82, 2.24) is 9.97 Å². The van der Waals surface area contributed by atoms with Crippen LogP contribution in [0.25, 0.3) is 0 Å². The average Bonchev–Trinajstić information content (AvgIpc) is 2.78. The molecule has 0 radical (unpaired) electrons. The molecule has 3 heterocycles. The van der Waals surface area contributed by atoms with Crippen molar-refractivity contribution < 1.29 is 13.2 Å². The second-order valence-corrected chi connectivity index (χ2v) is 8.89. The van der Waals surface area contributed by atoms with Crippen molar-refractivity contribution in [2.75, 3.05) is 42.7 Å². The third kappa shape index (κ3) is 3.87. The standard InChI is InChI=1S/C13H19N3O3S2/c1-10-8-12(16-3-5-19-6-4-16)15-13(14-10)20-11-2-7-21(17,18)9-11/h8,11H,2-7,9H2,1H3/t11-/m0/s1. The minimum Gasteiger partial charge on any atom is -0.378 e. The van der Waals surface area contributed by atoms with Gasteiger partial charge in [0.15, 0.2) is 15.0 Å². The molecule has 0 spiro atoms. The van der Waals surface area contributed by atoms with Gasteiger partial charge in [0.1, 0.15) is 5.82 Å². The Balaban J connectivity index is 1.75. The summed E-state index contributed by atoms with van der Waals surface area (Å²) in [5, 5.41) is 0.757. The lowest BCUT2D eigenvalue weighted by Gasteiger charge is -2.28. The number of aryl methyl sites for hydroxylation is 1. The Morgan fingerprint density at radius 1 is 1.33 bits per heavy atom. The van der Waals surface area contributed by atoms with Crippen LogP contribution in [0.2, 0.25) is 0 Å². The summed E-state index contributed by atoms with van der Waals surface area (Å²) in [5.74, 6) is 1.43. The smallest absolute Gasteiger partial charge is 0.190 e. The minimum atomic E-state index is -2.86. The van der Waals surface area contributed by atoms with Crippen LogP contribution in [0.1, 0.15) is 12.1 Å². The molecule has 1 atom stereocenters. The Bertz CT molecular complexity index is 615. The van der Waals surface area contributed by atoms with Gasteiger partial charge in [-0.1, -0.05) is 11.8 Å². The molecule has 8 heteroatoms. The van der Waals surface area contributed by atoms with Crippen LogP contribution in [0.3, 0.4) is 0 Å². The highest BCUT2D eigenvalue weighted by molar-refractivity contribution is 8.01. The van der Waals surface area contributed by atoms with Crippen LogP contribution < -0.4 is 4.90 Å². The van der Waals surface area contributed by atoms with Gasteiger partial charge in [-0.25, -0.2) is 18.4 Å². The molecule has 0 aromatic carbocycles. The molecule has 1 aromatic heterocycles. The number of rotatable bonds is 3. The van der Waals surface area contributed by atoms with E-state index >= 15 is 0 Å². The molecule has 116 valence electrons. The van der Waals surface area contributed by atoms with Gasteiger partial charge in [0.25, 0.3) is 0 Å². The van der Waals surface area contributed by atoms with E-state index in [1.165, 1.54) is 11.8 Å². The van der Waals surface area contributed by atoms with E-state index in [-0.39, 0.29) is 16.8 Å². The van der Waals surface area contributed by atoms with E-state index in [4.69, 9.17) is 4.74 Å². The lowest BCUT2D eigenvalue weighted by atomic mass is 10.3. The third-order valence-electron chi connectivity index (χ3n) is 3.62. The number of sulfone groups is 1. The molecule has 2 fully saturated rings. The summed E-state index contributed by atoms with van der Waals surface area (Å²) >= 11 is 1.49. The molecule has 0 bridgehead atoms. The van der Waals surface area contributed by atoms with Crippen LogP contribution in [0.15, 0.2) is 11.2 Å².